The first-order valence-electron chi connectivity index (χ1n) is 7.56. The van der Waals surface area contributed by atoms with Crippen molar-refractivity contribution in [2.75, 3.05) is 27.2 Å². The number of nitro benzene ring substituents is 1. The molecule has 2 N–H and O–H groups in total. The lowest BCUT2D eigenvalue weighted by atomic mass is 9.92. The Kier molecular flexibility index (Phi) is 5.64. The lowest BCUT2D eigenvalue weighted by Crippen LogP contribution is -2.40. The molecule has 1 heterocycles. The Balaban J connectivity index is 2.11. The van der Waals surface area contributed by atoms with Crippen molar-refractivity contribution in [2.24, 2.45) is 0 Å². The van der Waals surface area contributed by atoms with Crippen LogP contribution < -0.4 is 10.6 Å². The van der Waals surface area contributed by atoms with Crippen LogP contribution in [0, 0.1) is 10.1 Å². The van der Waals surface area contributed by atoms with Gasteiger partial charge in [0.25, 0.3) is 11.6 Å². The van der Waals surface area contributed by atoms with Crippen molar-refractivity contribution >= 4 is 17.4 Å². The number of nitrogens with one attached hydrogen (secondary N) is 2. The van der Waals surface area contributed by atoms with Gasteiger partial charge < -0.3 is 15.5 Å². The summed E-state index contributed by atoms with van der Waals surface area (Å²) >= 11 is 0. The quantitative estimate of drug-likeness (QED) is 0.262. The number of para-hydroxylation sites is 1. The van der Waals surface area contributed by atoms with Gasteiger partial charge in [0, 0.05) is 31.8 Å². The van der Waals surface area contributed by atoms with Gasteiger partial charge in [0.05, 0.1) is 22.1 Å². The van der Waals surface area contributed by atoms with Crippen molar-refractivity contribution in [2.45, 2.75) is 12.5 Å². The van der Waals surface area contributed by atoms with E-state index in [0.717, 1.165) is 6.54 Å². The summed E-state index contributed by atoms with van der Waals surface area (Å²) in [5.41, 5.74) is 0.277. The average molecular weight is 332 g/mol. The summed E-state index contributed by atoms with van der Waals surface area (Å²) < 4.78 is 0. The number of ketones is 1. The SMILES string of the molecule is CN(C)CCNC=C1C(=O)CC(c2ccccc2[N+](=O)[O-])NC1=O. The number of Topliss-reactive ketones (excluding diaryl/α,β-unsaturated/α-hetero) is 1. The van der Waals surface area contributed by atoms with E-state index in [1.54, 1.807) is 18.2 Å². The maximum atomic E-state index is 12.2. The van der Waals surface area contributed by atoms with E-state index >= 15 is 0 Å². The first kappa shape index (κ1) is 17.6. The monoisotopic (exact) mass is 332 g/mol. The van der Waals surface area contributed by atoms with Gasteiger partial charge in [-0.15, -0.1) is 0 Å². The van der Waals surface area contributed by atoms with Crippen molar-refractivity contribution in [3.8, 4) is 0 Å². The van der Waals surface area contributed by atoms with E-state index in [9.17, 15) is 19.7 Å². The minimum absolute atomic E-state index is 0.00220. The van der Waals surface area contributed by atoms with Gasteiger partial charge in [-0.05, 0) is 14.1 Å². The van der Waals surface area contributed by atoms with Crippen LogP contribution in [0.1, 0.15) is 18.0 Å². The molecule has 1 aliphatic rings. The molecular formula is C16H20N4O4. The van der Waals surface area contributed by atoms with E-state index in [1.165, 1.54) is 12.3 Å². The molecule has 1 atom stereocenters. The van der Waals surface area contributed by atoms with Gasteiger partial charge in [0.1, 0.15) is 0 Å². The van der Waals surface area contributed by atoms with E-state index in [2.05, 4.69) is 10.6 Å². The molecule has 0 spiro atoms. The maximum absolute atomic E-state index is 12.2. The van der Waals surface area contributed by atoms with Crippen LogP contribution in [0.4, 0.5) is 5.69 Å². The van der Waals surface area contributed by atoms with Crippen molar-refractivity contribution in [1.29, 1.82) is 0 Å². The molecule has 0 bridgehead atoms. The van der Waals surface area contributed by atoms with Crippen molar-refractivity contribution in [3.63, 3.8) is 0 Å². The van der Waals surface area contributed by atoms with E-state index in [4.69, 9.17) is 0 Å². The number of piperidine rings is 1. The highest BCUT2D eigenvalue weighted by Crippen LogP contribution is 2.30. The number of amides is 1. The predicted octanol–water partition coefficient (Wildman–Crippen LogP) is 0.760. The topological polar surface area (TPSA) is 105 Å². The number of carbonyl (C=O) groups is 2. The zero-order valence-corrected chi connectivity index (χ0v) is 13.6. The third-order valence-electron chi connectivity index (χ3n) is 3.70. The predicted molar refractivity (Wildman–Crippen MR) is 88.2 cm³/mol. The fourth-order valence-corrected chi connectivity index (χ4v) is 2.45. The van der Waals surface area contributed by atoms with E-state index in [0.29, 0.717) is 12.1 Å². The summed E-state index contributed by atoms with van der Waals surface area (Å²) in [4.78, 5) is 37.0. The maximum Gasteiger partial charge on any atom is 0.274 e. The zero-order chi connectivity index (χ0) is 17.7. The van der Waals surface area contributed by atoms with Crippen molar-refractivity contribution in [1.82, 2.24) is 15.5 Å². The Labute approximate surface area is 139 Å². The highest BCUT2D eigenvalue weighted by atomic mass is 16.6. The molecule has 1 aromatic rings. The molecule has 0 radical (unpaired) electrons. The first-order valence-corrected chi connectivity index (χ1v) is 7.56. The van der Waals surface area contributed by atoms with Crippen LogP contribution in [0.3, 0.4) is 0 Å². The Hall–Kier alpha value is -2.74. The molecule has 1 aromatic carbocycles. The second-order valence-electron chi connectivity index (χ2n) is 5.78. The lowest BCUT2D eigenvalue weighted by Gasteiger charge is -2.24. The Morgan fingerprint density at radius 2 is 2.08 bits per heavy atom. The van der Waals surface area contributed by atoms with Crippen molar-refractivity contribution < 1.29 is 14.5 Å². The van der Waals surface area contributed by atoms with Gasteiger partial charge in [0.2, 0.25) is 0 Å². The number of hydrogen-bond donors (Lipinski definition) is 2. The molecule has 0 aliphatic carbocycles. The van der Waals surface area contributed by atoms with E-state index in [-0.39, 0.29) is 23.5 Å². The van der Waals surface area contributed by atoms with E-state index < -0.39 is 16.9 Å². The van der Waals surface area contributed by atoms with Gasteiger partial charge in [-0.1, -0.05) is 18.2 Å². The fraction of sp³-hybridized carbons (Fsp3) is 0.375. The minimum atomic E-state index is -0.689. The van der Waals surface area contributed by atoms with Gasteiger partial charge in [-0.2, -0.15) is 0 Å². The van der Waals surface area contributed by atoms with Crippen LogP contribution in [0.25, 0.3) is 0 Å². The van der Waals surface area contributed by atoms with E-state index in [1.807, 2.05) is 19.0 Å². The Morgan fingerprint density at radius 3 is 2.71 bits per heavy atom. The number of carbonyl (C=O) groups excluding carboxylic acids is 2. The second kappa shape index (κ2) is 7.69. The fourth-order valence-electron chi connectivity index (χ4n) is 2.45. The number of hydrogen-bond acceptors (Lipinski definition) is 6. The first-order chi connectivity index (χ1) is 11.4. The molecule has 2 rings (SSSR count). The number of benzene rings is 1. The van der Waals surface area contributed by atoms with Crippen LogP contribution in [0.2, 0.25) is 0 Å². The molecule has 128 valence electrons. The van der Waals surface area contributed by atoms with Crippen LogP contribution in [-0.2, 0) is 9.59 Å². The molecule has 0 aromatic heterocycles. The highest BCUT2D eigenvalue weighted by molar-refractivity contribution is 6.21. The molecular weight excluding hydrogens is 312 g/mol. The Morgan fingerprint density at radius 1 is 1.38 bits per heavy atom. The largest absolute Gasteiger partial charge is 0.389 e. The van der Waals surface area contributed by atoms with Crippen molar-refractivity contribution in [3.05, 3.63) is 51.7 Å². The molecule has 1 aliphatic heterocycles. The van der Waals surface area contributed by atoms with Crippen LogP contribution >= 0.6 is 0 Å². The summed E-state index contributed by atoms with van der Waals surface area (Å²) in [6, 6.07) is 5.42. The molecule has 1 amide bonds. The summed E-state index contributed by atoms with van der Waals surface area (Å²) in [6.45, 7) is 1.36. The molecule has 8 nitrogen and oxygen atoms in total. The highest BCUT2D eigenvalue weighted by Gasteiger charge is 2.33. The number of rotatable bonds is 6. The molecule has 1 unspecified atom stereocenters. The molecule has 1 saturated heterocycles. The molecule has 24 heavy (non-hydrogen) atoms. The third kappa shape index (κ3) is 4.17. The molecule has 0 saturated carbocycles. The van der Waals surface area contributed by atoms with Crippen LogP contribution in [-0.4, -0.2) is 48.7 Å². The van der Waals surface area contributed by atoms with Gasteiger partial charge in [-0.3, -0.25) is 19.7 Å². The number of likely N-dealkylation sites (N-methyl/N-ethyl adjacent to an activating group) is 1. The minimum Gasteiger partial charge on any atom is -0.389 e. The van der Waals surface area contributed by atoms with Gasteiger partial charge in [-0.25, -0.2) is 0 Å². The summed E-state index contributed by atoms with van der Waals surface area (Å²) in [5, 5.41) is 16.7. The summed E-state index contributed by atoms with van der Waals surface area (Å²) in [6.07, 6.45) is 1.41. The van der Waals surface area contributed by atoms with Gasteiger partial charge in [0.15, 0.2) is 5.78 Å². The smallest absolute Gasteiger partial charge is 0.274 e. The molecule has 1 fully saturated rings. The number of nitrogens with zero attached hydrogens (tertiary/aromatic N) is 2. The van der Waals surface area contributed by atoms with Crippen LogP contribution in [0.15, 0.2) is 36.0 Å². The van der Waals surface area contributed by atoms with Gasteiger partial charge >= 0.3 is 0 Å². The summed E-state index contributed by atoms with van der Waals surface area (Å²) in [5.74, 6) is -0.856. The normalized spacial score (nSPS) is 19.5. The Bertz CT molecular complexity index is 664. The zero-order valence-electron chi connectivity index (χ0n) is 13.6. The van der Waals surface area contributed by atoms with Crippen LogP contribution in [0.5, 0.6) is 0 Å². The second-order valence-corrected chi connectivity index (χ2v) is 5.78. The average Bonchev–Trinajstić information content (AvgIpc) is 2.53. The standard InChI is InChI=1S/C16H20N4O4/c1-19(2)8-7-17-10-12-15(21)9-13(18-16(12)22)11-5-3-4-6-14(11)20(23)24/h3-6,10,13,17H,7-9H2,1-2H3,(H,18,22). The summed E-state index contributed by atoms with van der Waals surface area (Å²) in [7, 11) is 3.84. The number of nitro groups is 1. The third-order valence-corrected chi connectivity index (χ3v) is 3.70. The molecule has 8 heteroatoms. The lowest BCUT2D eigenvalue weighted by molar-refractivity contribution is -0.385.